The van der Waals surface area contributed by atoms with Crippen molar-refractivity contribution in [3.05, 3.63) is 16.1 Å². The zero-order chi connectivity index (χ0) is 12.0. The highest BCUT2D eigenvalue weighted by Crippen LogP contribution is 2.17. The molecule has 0 bridgehead atoms. The summed E-state index contributed by atoms with van der Waals surface area (Å²) in [6, 6.07) is 0.267. The van der Waals surface area contributed by atoms with Crippen LogP contribution >= 0.6 is 11.3 Å². The Hall–Kier alpha value is -0.940. The number of carbonyl (C=O) groups is 1. The van der Waals surface area contributed by atoms with Crippen molar-refractivity contribution >= 4 is 17.2 Å². The molecule has 0 aromatic carbocycles. The minimum absolute atomic E-state index is 0.0968. The number of aryl methyl sites for hydroxylation is 1. The van der Waals surface area contributed by atoms with E-state index < -0.39 is 0 Å². The zero-order valence-corrected chi connectivity index (χ0v) is 10.9. The molecule has 0 saturated heterocycles. The summed E-state index contributed by atoms with van der Waals surface area (Å²) in [6.45, 7) is 4.93. The molecule has 0 saturated carbocycles. The van der Waals surface area contributed by atoms with Crippen molar-refractivity contribution < 1.29 is 4.79 Å². The van der Waals surface area contributed by atoms with E-state index >= 15 is 0 Å². The van der Waals surface area contributed by atoms with Crippen LogP contribution in [0.15, 0.2) is 5.38 Å². The summed E-state index contributed by atoms with van der Waals surface area (Å²) in [6.07, 6.45) is 1.43. The highest BCUT2D eigenvalue weighted by atomic mass is 32.1. The second kappa shape index (κ2) is 6.60. The average Bonchev–Trinajstić information content (AvgIpc) is 2.70. The number of amides is 1. The number of rotatable bonds is 6. The molecule has 0 aliphatic rings. The first-order valence-electron chi connectivity index (χ1n) is 5.49. The second-order valence-electron chi connectivity index (χ2n) is 3.78. The molecule has 16 heavy (non-hydrogen) atoms. The van der Waals surface area contributed by atoms with Gasteiger partial charge in [-0.05, 0) is 26.8 Å². The first-order valence-corrected chi connectivity index (χ1v) is 6.37. The lowest BCUT2D eigenvalue weighted by atomic mass is 10.2. The largest absolute Gasteiger partial charge is 0.359 e. The molecule has 1 rings (SSSR count). The summed E-state index contributed by atoms with van der Waals surface area (Å²) in [4.78, 5) is 15.4. The molecule has 1 atom stereocenters. The molecule has 1 aromatic heterocycles. The van der Waals surface area contributed by atoms with Crippen molar-refractivity contribution in [3.63, 3.8) is 0 Å². The zero-order valence-electron chi connectivity index (χ0n) is 10.0. The van der Waals surface area contributed by atoms with Gasteiger partial charge in [0, 0.05) is 24.5 Å². The molecule has 0 aliphatic heterocycles. The topological polar surface area (TPSA) is 54.0 Å². The van der Waals surface area contributed by atoms with Gasteiger partial charge in [0.15, 0.2) is 0 Å². The lowest BCUT2D eigenvalue weighted by Crippen LogP contribution is -2.23. The van der Waals surface area contributed by atoms with Crippen molar-refractivity contribution in [2.45, 2.75) is 32.7 Å². The van der Waals surface area contributed by atoms with E-state index in [-0.39, 0.29) is 11.9 Å². The van der Waals surface area contributed by atoms with E-state index in [0.29, 0.717) is 6.42 Å². The normalized spacial score (nSPS) is 12.4. The van der Waals surface area contributed by atoms with Crippen molar-refractivity contribution in [3.8, 4) is 0 Å². The van der Waals surface area contributed by atoms with Gasteiger partial charge >= 0.3 is 0 Å². The summed E-state index contributed by atoms with van der Waals surface area (Å²) in [5, 5.41) is 9.13. The third kappa shape index (κ3) is 4.28. The van der Waals surface area contributed by atoms with Crippen LogP contribution in [0.4, 0.5) is 0 Å². The van der Waals surface area contributed by atoms with Gasteiger partial charge in [-0.15, -0.1) is 11.3 Å². The molecule has 1 heterocycles. The Balaban J connectivity index is 2.20. The second-order valence-corrected chi connectivity index (χ2v) is 4.67. The van der Waals surface area contributed by atoms with Crippen molar-refractivity contribution in [1.29, 1.82) is 0 Å². The van der Waals surface area contributed by atoms with Crippen LogP contribution in [0.25, 0.3) is 0 Å². The maximum absolute atomic E-state index is 11.0. The molecular formula is C11H19N3OS. The number of hydrogen-bond donors (Lipinski definition) is 2. The van der Waals surface area contributed by atoms with Gasteiger partial charge < -0.3 is 10.6 Å². The van der Waals surface area contributed by atoms with E-state index in [1.807, 2.05) is 6.92 Å². The number of nitrogens with zero attached hydrogens (tertiary/aromatic N) is 1. The van der Waals surface area contributed by atoms with Crippen molar-refractivity contribution in [2.75, 3.05) is 13.6 Å². The molecule has 1 amide bonds. The van der Waals surface area contributed by atoms with Gasteiger partial charge in [0.05, 0.1) is 6.04 Å². The monoisotopic (exact) mass is 241 g/mol. The van der Waals surface area contributed by atoms with Crippen LogP contribution in [0.5, 0.6) is 0 Å². The van der Waals surface area contributed by atoms with Gasteiger partial charge in [0.25, 0.3) is 0 Å². The van der Waals surface area contributed by atoms with E-state index in [1.165, 1.54) is 0 Å². The molecule has 1 unspecified atom stereocenters. The number of thiazole rings is 1. The standard InChI is InChI=1S/C11H19N3OS/c1-8-7-16-11(14-8)9(2)13-6-4-5-10(15)12-3/h7,9,13H,4-6H2,1-3H3,(H,12,15). The van der Waals surface area contributed by atoms with Crippen LogP contribution in [0.2, 0.25) is 0 Å². The Kier molecular flexibility index (Phi) is 5.42. The van der Waals surface area contributed by atoms with Crippen LogP contribution in [0.1, 0.15) is 36.5 Å². The van der Waals surface area contributed by atoms with E-state index in [2.05, 4.69) is 27.9 Å². The minimum atomic E-state index is 0.0968. The molecule has 0 fully saturated rings. The van der Waals surface area contributed by atoms with E-state index in [1.54, 1.807) is 18.4 Å². The fourth-order valence-electron chi connectivity index (χ4n) is 1.35. The lowest BCUT2D eigenvalue weighted by molar-refractivity contribution is -0.120. The highest BCUT2D eigenvalue weighted by Gasteiger charge is 2.08. The van der Waals surface area contributed by atoms with Crippen molar-refractivity contribution in [2.24, 2.45) is 0 Å². The molecule has 4 nitrogen and oxygen atoms in total. The smallest absolute Gasteiger partial charge is 0.219 e. The summed E-state index contributed by atoms with van der Waals surface area (Å²) < 4.78 is 0. The van der Waals surface area contributed by atoms with Crippen LogP contribution in [0.3, 0.4) is 0 Å². The number of aromatic nitrogens is 1. The maximum atomic E-state index is 11.0. The molecule has 0 spiro atoms. The Bertz CT molecular complexity index is 338. The Morgan fingerprint density at radius 3 is 2.94 bits per heavy atom. The predicted octanol–water partition coefficient (Wildman–Crippen LogP) is 1.63. The van der Waals surface area contributed by atoms with E-state index in [9.17, 15) is 4.79 Å². The molecular weight excluding hydrogens is 222 g/mol. The average molecular weight is 241 g/mol. The fourth-order valence-corrected chi connectivity index (χ4v) is 2.18. The van der Waals surface area contributed by atoms with Gasteiger partial charge in [-0.1, -0.05) is 0 Å². The van der Waals surface area contributed by atoms with Gasteiger partial charge in [0.1, 0.15) is 5.01 Å². The van der Waals surface area contributed by atoms with Gasteiger partial charge in [-0.25, -0.2) is 4.98 Å². The molecule has 2 N–H and O–H groups in total. The molecule has 1 aromatic rings. The van der Waals surface area contributed by atoms with Crippen LogP contribution in [-0.2, 0) is 4.79 Å². The third-order valence-corrected chi connectivity index (χ3v) is 3.46. The van der Waals surface area contributed by atoms with E-state index in [0.717, 1.165) is 23.7 Å². The fraction of sp³-hybridized carbons (Fsp3) is 0.636. The SMILES string of the molecule is CNC(=O)CCCNC(C)c1nc(C)cs1. The van der Waals surface area contributed by atoms with Gasteiger partial charge in [-0.2, -0.15) is 0 Å². The van der Waals surface area contributed by atoms with Gasteiger partial charge in [0.2, 0.25) is 5.91 Å². The third-order valence-electron chi connectivity index (χ3n) is 2.32. The Morgan fingerprint density at radius 1 is 1.62 bits per heavy atom. The molecule has 0 aliphatic carbocycles. The number of hydrogen-bond acceptors (Lipinski definition) is 4. The molecule has 5 heteroatoms. The first-order chi connectivity index (χ1) is 7.63. The lowest BCUT2D eigenvalue weighted by Gasteiger charge is -2.10. The Morgan fingerprint density at radius 2 is 2.38 bits per heavy atom. The summed E-state index contributed by atoms with van der Waals surface area (Å²) >= 11 is 1.67. The highest BCUT2D eigenvalue weighted by molar-refractivity contribution is 7.09. The molecule has 0 radical (unpaired) electrons. The summed E-state index contributed by atoms with van der Waals surface area (Å²) in [5.41, 5.74) is 1.07. The number of nitrogens with one attached hydrogen (secondary N) is 2. The number of carbonyl (C=O) groups excluding carboxylic acids is 1. The summed E-state index contributed by atoms with van der Waals surface area (Å²) in [7, 11) is 1.66. The first kappa shape index (κ1) is 13.1. The predicted molar refractivity (Wildman–Crippen MR) is 66.6 cm³/mol. The molecule has 90 valence electrons. The summed E-state index contributed by atoms with van der Waals surface area (Å²) in [5.74, 6) is 0.0968. The van der Waals surface area contributed by atoms with Crippen molar-refractivity contribution in [1.82, 2.24) is 15.6 Å². The minimum Gasteiger partial charge on any atom is -0.359 e. The van der Waals surface area contributed by atoms with E-state index in [4.69, 9.17) is 0 Å². The Labute approximate surface area is 100 Å². The van der Waals surface area contributed by atoms with Crippen LogP contribution in [-0.4, -0.2) is 24.5 Å². The van der Waals surface area contributed by atoms with Crippen LogP contribution < -0.4 is 10.6 Å². The van der Waals surface area contributed by atoms with Crippen LogP contribution in [0, 0.1) is 6.92 Å². The van der Waals surface area contributed by atoms with Gasteiger partial charge in [-0.3, -0.25) is 4.79 Å². The quantitative estimate of drug-likeness (QED) is 0.744. The maximum Gasteiger partial charge on any atom is 0.219 e.